The van der Waals surface area contributed by atoms with Gasteiger partial charge in [0.15, 0.2) is 0 Å². The predicted octanol–water partition coefficient (Wildman–Crippen LogP) is 4.18. The van der Waals surface area contributed by atoms with Gasteiger partial charge in [0.1, 0.15) is 0 Å². The van der Waals surface area contributed by atoms with Crippen LogP contribution in [-0.2, 0) is 0 Å². The average molecular weight is 200 g/mol. The Morgan fingerprint density at radius 2 is 1.06 bits per heavy atom. The first kappa shape index (κ1) is 8.12. The lowest BCUT2D eigenvalue weighted by Gasteiger charge is -2.09. The van der Waals surface area contributed by atoms with Crippen LogP contribution < -0.4 is 0 Å². The zero-order valence-electron chi connectivity index (χ0n) is 8.62. The Balaban J connectivity index is 2.51. The number of benzene rings is 4. The summed E-state index contributed by atoms with van der Waals surface area (Å²) in [5, 5.41) is 7.58. The van der Waals surface area contributed by atoms with E-state index < -0.39 is 0 Å². The normalized spacial score (nSPS) is 11.8. The molecule has 0 saturated heterocycles. The highest BCUT2D eigenvalue weighted by atomic mass is 14.1. The fourth-order valence-corrected chi connectivity index (χ4v) is 2.51. The van der Waals surface area contributed by atoms with Gasteiger partial charge in [0.25, 0.3) is 0 Å². The highest BCUT2D eigenvalue weighted by molar-refractivity contribution is 6.22. The third-order valence-corrected chi connectivity index (χ3v) is 3.23. The molecule has 0 saturated carbocycles. The van der Waals surface area contributed by atoms with Crippen molar-refractivity contribution in [3.63, 3.8) is 0 Å². The molecule has 0 unspecified atom stereocenters. The van der Waals surface area contributed by atoms with Crippen molar-refractivity contribution < 1.29 is 0 Å². The third kappa shape index (κ3) is 0.892. The minimum atomic E-state index is 1.19. The van der Waals surface area contributed by atoms with E-state index in [1.807, 2.05) is 12.1 Å². The summed E-state index contributed by atoms with van der Waals surface area (Å²) in [5.41, 5.74) is 0. The molecule has 4 rings (SSSR count). The Morgan fingerprint density at radius 1 is 0.562 bits per heavy atom. The van der Waals surface area contributed by atoms with Crippen LogP contribution in [0, 0.1) is 12.1 Å². The lowest BCUT2D eigenvalue weighted by Crippen LogP contribution is -1.82. The van der Waals surface area contributed by atoms with E-state index in [-0.39, 0.29) is 0 Å². The van der Waals surface area contributed by atoms with E-state index >= 15 is 0 Å². The quantitative estimate of drug-likeness (QED) is 0.373. The number of hydrogen-bond acceptors (Lipinski definition) is 0. The molecule has 0 fully saturated rings. The molecular weight excluding hydrogens is 192 g/mol. The van der Waals surface area contributed by atoms with Crippen LogP contribution in [0.5, 0.6) is 0 Å². The van der Waals surface area contributed by atoms with Gasteiger partial charge >= 0.3 is 0 Å². The van der Waals surface area contributed by atoms with Crippen molar-refractivity contribution >= 4 is 32.3 Å². The molecule has 0 spiro atoms. The zero-order chi connectivity index (χ0) is 10.5. The van der Waals surface area contributed by atoms with Gasteiger partial charge in [-0.3, -0.25) is 0 Å². The number of hydrogen-bond donors (Lipinski definition) is 0. The molecule has 0 aliphatic rings. The molecule has 4 aromatic rings. The molecule has 4 aromatic carbocycles. The summed E-state index contributed by atoms with van der Waals surface area (Å²) >= 11 is 0. The second-order valence-electron chi connectivity index (χ2n) is 4.11. The van der Waals surface area contributed by atoms with Gasteiger partial charge in [0, 0.05) is 0 Å². The SMILES string of the molecule is [c]1ccc2ccc3cc[c]c4ccc1c2c43. The summed E-state index contributed by atoms with van der Waals surface area (Å²) in [6.45, 7) is 0. The molecule has 2 radical (unpaired) electrons. The van der Waals surface area contributed by atoms with Gasteiger partial charge < -0.3 is 0 Å². The molecule has 0 bridgehead atoms. The molecule has 0 heteroatoms. The van der Waals surface area contributed by atoms with Gasteiger partial charge in [-0.25, -0.2) is 0 Å². The standard InChI is InChI=1S/C16H8/c1-3-11-7-9-13-5-2-6-14-10-8-12(4-1)15(11)16(13)14/h1-3,5,7-10H. The van der Waals surface area contributed by atoms with E-state index in [0.29, 0.717) is 0 Å². The molecule has 0 amide bonds. The second kappa shape index (κ2) is 2.73. The van der Waals surface area contributed by atoms with Crippen LogP contribution in [0.25, 0.3) is 32.3 Å². The highest BCUT2D eigenvalue weighted by Gasteiger charge is 2.06. The van der Waals surface area contributed by atoms with Crippen LogP contribution in [0.3, 0.4) is 0 Å². The first-order valence-corrected chi connectivity index (χ1v) is 5.39. The summed E-state index contributed by atoms with van der Waals surface area (Å²) in [4.78, 5) is 0. The molecule has 0 heterocycles. The molecule has 72 valence electrons. The minimum absolute atomic E-state index is 1.19. The molecule has 0 N–H and O–H groups in total. The van der Waals surface area contributed by atoms with Gasteiger partial charge in [-0.05, 0) is 44.5 Å². The zero-order valence-corrected chi connectivity index (χ0v) is 8.62. The lowest BCUT2D eigenvalue weighted by molar-refractivity contribution is 1.76. The third-order valence-electron chi connectivity index (χ3n) is 3.23. The van der Waals surface area contributed by atoms with Crippen molar-refractivity contribution in [1.29, 1.82) is 0 Å². The average Bonchev–Trinajstić information content (AvgIpc) is 2.36. The van der Waals surface area contributed by atoms with Gasteiger partial charge in [0.05, 0.1) is 0 Å². The molecule has 0 aromatic heterocycles. The van der Waals surface area contributed by atoms with Crippen LogP contribution in [-0.4, -0.2) is 0 Å². The maximum absolute atomic E-state index is 3.30. The Labute approximate surface area is 93.5 Å². The van der Waals surface area contributed by atoms with E-state index in [2.05, 4.69) is 48.5 Å². The van der Waals surface area contributed by atoms with Crippen molar-refractivity contribution in [2.45, 2.75) is 0 Å². The maximum Gasteiger partial charge on any atom is -0.00203 e. The largest absolute Gasteiger partial charge is 0.0537 e. The highest BCUT2D eigenvalue weighted by Crippen LogP contribution is 2.33. The molecule has 16 heavy (non-hydrogen) atoms. The summed E-state index contributed by atoms with van der Waals surface area (Å²) in [7, 11) is 0. The summed E-state index contributed by atoms with van der Waals surface area (Å²) in [6, 6.07) is 23.4. The van der Waals surface area contributed by atoms with E-state index in [0.717, 1.165) is 0 Å². The van der Waals surface area contributed by atoms with Gasteiger partial charge in [0.2, 0.25) is 0 Å². The van der Waals surface area contributed by atoms with E-state index in [1.54, 1.807) is 0 Å². The van der Waals surface area contributed by atoms with Crippen molar-refractivity contribution in [3.05, 3.63) is 60.7 Å². The van der Waals surface area contributed by atoms with Crippen molar-refractivity contribution in [2.24, 2.45) is 0 Å². The predicted molar refractivity (Wildman–Crippen MR) is 67.8 cm³/mol. The molecule has 0 nitrogen and oxygen atoms in total. The van der Waals surface area contributed by atoms with Crippen LogP contribution in [0.4, 0.5) is 0 Å². The van der Waals surface area contributed by atoms with Crippen LogP contribution >= 0.6 is 0 Å². The summed E-state index contributed by atoms with van der Waals surface area (Å²) in [5.74, 6) is 0. The topological polar surface area (TPSA) is 0 Å². The fraction of sp³-hybridized carbons (Fsp3) is 0. The van der Waals surface area contributed by atoms with Gasteiger partial charge in [-0.2, -0.15) is 0 Å². The monoisotopic (exact) mass is 200 g/mol. The smallest absolute Gasteiger partial charge is 0.00203 e. The summed E-state index contributed by atoms with van der Waals surface area (Å²) < 4.78 is 0. The van der Waals surface area contributed by atoms with E-state index in [1.165, 1.54) is 32.3 Å². The van der Waals surface area contributed by atoms with E-state index in [4.69, 9.17) is 0 Å². The van der Waals surface area contributed by atoms with E-state index in [9.17, 15) is 0 Å². The fourth-order valence-electron chi connectivity index (χ4n) is 2.51. The Kier molecular flexibility index (Phi) is 1.39. The lowest BCUT2D eigenvalue weighted by atomic mass is 9.95. The van der Waals surface area contributed by atoms with Gasteiger partial charge in [-0.1, -0.05) is 48.5 Å². The van der Waals surface area contributed by atoms with Crippen molar-refractivity contribution in [2.75, 3.05) is 0 Å². The summed E-state index contributed by atoms with van der Waals surface area (Å²) in [6.07, 6.45) is 0. The molecule has 0 aliphatic carbocycles. The van der Waals surface area contributed by atoms with Crippen LogP contribution in [0.2, 0.25) is 0 Å². The molecule has 0 atom stereocenters. The first-order valence-electron chi connectivity index (χ1n) is 5.39. The maximum atomic E-state index is 3.30. The minimum Gasteiger partial charge on any atom is -0.0537 e. The number of rotatable bonds is 0. The molecular formula is C16H8. The Hall–Kier alpha value is -2.08. The second-order valence-corrected chi connectivity index (χ2v) is 4.11. The first-order chi connectivity index (χ1) is 7.93. The van der Waals surface area contributed by atoms with Gasteiger partial charge in [-0.15, -0.1) is 0 Å². The Morgan fingerprint density at radius 3 is 1.56 bits per heavy atom. The molecule has 0 aliphatic heterocycles. The van der Waals surface area contributed by atoms with Crippen molar-refractivity contribution in [3.8, 4) is 0 Å². The van der Waals surface area contributed by atoms with Crippen LogP contribution in [0.15, 0.2) is 48.5 Å². The Bertz CT molecular complexity index is 667. The van der Waals surface area contributed by atoms with Crippen LogP contribution in [0.1, 0.15) is 0 Å². The van der Waals surface area contributed by atoms with Crippen molar-refractivity contribution in [1.82, 2.24) is 0 Å².